The second-order valence-electron chi connectivity index (χ2n) is 3.90. The van der Waals surface area contributed by atoms with E-state index >= 15 is 0 Å². The number of ether oxygens (including phenoxy) is 1. The molecule has 2 N–H and O–H groups in total. The van der Waals surface area contributed by atoms with Crippen LogP contribution in [0.5, 0.6) is 6.01 Å². The first-order valence-corrected chi connectivity index (χ1v) is 5.50. The molecule has 8 heteroatoms. The standard InChI is InChI=1S/C11H11N7O/c1-18-9-7(5-13-10(12)16-9)8(17-18)6-3-14-11(19-2)15-4-6/h3-5H,1-2H3,(H2,12,13,16). The van der Waals surface area contributed by atoms with Crippen molar-refractivity contribution in [2.75, 3.05) is 12.8 Å². The van der Waals surface area contributed by atoms with Gasteiger partial charge in [0, 0.05) is 31.2 Å². The van der Waals surface area contributed by atoms with Gasteiger partial charge in [-0.3, -0.25) is 0 Å². The van der Waals surface area contributed by atoms with Gasteiger partial charge >= 0.3 is 6.01 Å². The van der Waals surface area contributed by atoms with E-state index in [9.17, 15) is 0 Å². The molecule has 0 aliphatic rings. The van der Waals surface area contributed by atoms with Crippen molar-refractivity contribution in [1.82, 2.24) is 29.7 Å². The Hall–Kier alpha value is -2.77. The van der Waals surface area contributed by atoms with Crippen molar-refractivity contribution >= 4 is 17.0 Å². The lowest BCUT2D eigenvalue weighted by Gasteiger charge is -1.99. The van der Waals surface area contributed by atoms with E-state index in [0.29, 0.717) is 17.4 Å². The average molecular weight is 257 g/mol. The first kappa shape index (κ1) is 11.3. The number of nitrogens with two attached hydrogens (primary N) is 1. The maximum absolute atomic E-state index is 5.57. The third-order valence-corrected chi connectivity index (χ3v) is 2.68. The number of nitrogens with zero attached hydrogens (tertiary/aromatic N) is 6. The number of aryl methyl sites for hydroxylation is 1. The van der Waals surface area contributed by atoms with Crippen LogP contribution in [0.25, 0.3) is 22.3 Å². The SMILES string of the molecule is COc1ncc(-c2nn(C)c3nc(N)ncc23)cn1. The molecular weight excluding hydrogens is 246 g/mol. The fraction of sp³-hybridized carbons (Fsp3) is 0.182. The highest BCUT2D eigenvalue weighted by molar-refractivity contribution is 5.90. The minimum Gasteiger partial charge on any atom is -0.467 e. The molecule has 0 unspecified atom stereocenters. The van der Waals surface area contributed by atoms with E-state index in [-0.39, 0.29) is 5.95 Å². The highest BCUT2D eigenvalue weighted by atomic mass is 16.5. The Bertz CT molecular complexity index is 735. The molecule has 0 atom stereocenters. The van der Waals surface area contributed by atoms with E-state index in [4.69, 9.17) is 10.5 Å². The van der Waals surface area contributed by atoms with E-state index in [1.807, 2.05) is 0 Å². The van der Waals surface area contributed by atoms with Gasteiger partial charge in [0.1, 0.15) is 5.69 Å². The molecule has 0 aromatic carbocycles. The molecule has 0 saturated carbocycles. The van der Waals surface area contributed by atoms with Gasteiger partial charge in [-0.05, 0) is 0 Å². The van der Waals surface area contributed by atoms with Crippen molar-refractivity contribution in [3.05, 3.63) is 18.6 Å². The molecule has 0 saturated heterocycles. The highest BCUT2D eigenvalue weighted by Crippen LogP contribution is 2.25. The second-order valence-corrected chi connectivity index (χ2v) is 3.90. The zero-order valence-corrected chi connectivity index (χ0v) is 10.4. The number of methoxy groups -OCH3 is 1. The minimum absolute atomic E-state index is 0.216. The third kappa shape index (κ3) is 1.82. The monoisotopic (exact) mass is 257 g/mol. The first-order chi connectivity index (χ1) is 9.19. The summed E-state index contributed by atoms with van der Waals surface area (Å²) in [5.41, 5.74) is 7.71. The minimum atomic E-state index is 0.216. The summed E-state index contributed by atoms with van der Waals surface area (Å²) in [4.78, 5) is 16.3. The number of hydrogen-bond donors (Lipinski definition) is 1. The summed E-state index contributed by atoms with van der Waals surface area (Å²) >= 11 is 0. The van der Waals surface area contributed by atoms with E-state index in [0.717, 1.165) is 10.9 Å². The molecule has 0 spiro atoms. The lowest BCUT2D eigenvalue weighted by atomic mass is 10.2. The molecule has 3 heterocycles. The van der Waals surface area contributed by atoms with Crippen molar-refractivity contribution < 1.29 is 4.74 Å². The van der Waals surface area contributed by atoms with Gasteiger partial charge in [0.2, 0.25) is 5.95 Å². The molecule has 3 aromatic rings. The van der Waals surface area contributed by atoms with Crippen LogP contribution in [0.1, 0.15) is 0 Å². The van der Waals surface area contributed by atoms with Gasteiger partial charge in [0.05, 0.1) is 12.5 Å². The zero-order chi connectivity index (χ0) is 13.4. The molecule has 0 amide bonds. The number of anilines is 1. The fourth-order valence-corrected chi connectivity index (χ4v) is 1.81. The van der Waals surface area contributed by atoms with Crippen LogP contribution in [0.15, 0.2) is 18.6 Å². The van der Waals surface area contributed by atoms with Crippen molar-refractivity contribution in [2.45, 2.75) is 0 Å². The van der Waals surface area contributed by atoms with Crippen molar-refractivity contribution in [1.29, 1.82) is 0 Å². The Morgan fingerprint density at radius 3 is 2.58 bits per heavy atom. The van der Waals surface area contributed by atoms with E-state index in [2.05, 4.69) is 25.0 Å². The maximum Gasteiger partial charge on any atom is 0.316 e. The zero-order valence-electron chi connectivity index (χ0n) is 10.4. The first-order valence-electron chi connectivity index (χ1n) is 5.50. The molecule has 0 radical (unpaired) electrons. The van der Waals surface area contributed by atoms with Crippen LogP contribution in [0.3, 0.4) is 0 Å². The largest absolute Gasteiger partial charge is 0.467 e. The van der Waals surface area contributed by atoms with Crippen LogP contribution in [0.2, 0.25) is 0 Å². The Kier molecular flexibility index (Phi) is 2.48. The molecule has 3 aromatic heterocycles. The summed E-state index contributed by atoms with van der Waals surface area (Å²) in [6, 6.07) is 0.310. The van der Waals surface area contributed by atoms with Gasteiger partial charge in [0.15, 0.2) is 5.65 Å². The lowest BCUT2D eigenvalue weighted by Crippen LogP contribution is -1.97. The van der Waals surface area contributed by atoms with E-state index < -0.39 is 0 Å². The molecule has 0 aliphatic heterocycles. The van der Waals surface area contributed by atoms with Crippen LogP contribution < -0.4 is 10.5 Å². The predicted molar refractivity (Wildman–Crippen MR) is 68.3 cm³/mol. The van der Waals surface area contributed by atoms with Gasteiger partial charge in [-0.15, -0.1) is 0 Å². The summed E-state index contributed by atoms with van der Waals surface area (Å²) in [5.74, 6) is 0.216. The van der Waals surface area contributed by atoms with E-state index in [1.54, 1.807) is 30.3 Å². The Balaban J connectivity index is 2.19. The quantitative estimate of drug-likeness (QED) is 0.708. The topological polar surface area (TPSA) is 105 Å². The van der Waals surface area contributed by atoms with Gasteiger partial charge < -0.3 is 10.5 Å². The van der Waals surface area contributed by atoms with Crippen molar-refractivity contribution in [3.8, 4) is 17.3 Å². The second kappa shape index (κ2) is 4.16. The van der Waals surface area contributed by atoms with Gasteiger partial charge in [-0.1, -0.05) is 0 Å². The summed E-state index contributed by atoms with van der Waals surface area (Å²) in [5, 5.41) is 5.19. The number of aromatic nitrogens is 6. The molecule has 0 fully saturated rings. The maximum atomic E-state index is 5.57. The Morgan fingerprint density at radius 2 is 1.89 bits per heavy atom. The molecule has 19 heavy (non-hydrogen) atoms. The van der Waals surface area contributed by atoms with Crippen LogP contribution in [0, 0.1) is 0 Å². The normalized spacial score (nSPS) is 10.8. The molecule has 0 aliphatic carbocycles. The predicted octanol–water partition coefficient (Wildman–Crippen LogP) is 0.411. The third-order valence-electron chi connectivity index (χ3n) is 2.68. The molecule has 8 nitrogen and oxygen atoms in total. The van der Waals surface area contributed by atoms with Gasteiger partial charge in [0.25, 0.3) is 0 Å². The number of nitrogen functional groups attached to an aromatic ring is 1. The smallest absolute Gasteiger partial charge is 0.316 e. The highest BCUT2D eigenvalue weighted by Gasteiger charge is 2.13. The van der Waals surface area contributed by atoms with Gasteiger partial charge in [-0.25, -0.2) is 19.6 Å². The molecule has 96 valence electrons. The molecule has 3 rings (SSSR count). The number of hydrogen-bond acceptors (Lipinski definition) is 7. The van der Waals surface area contributed by atoms with Crippen molar-refractivity contribution in [2.24, 2.45) is 7.05 Å². The summed E-state index contributed by atoms with van der Waals surface area (Å²) in [6.07, 6.45) is 4.93. The van der Waals surface area contributed by atoms with Gasteiger partial charge in [-0.2, -0.15) is 10.1 Å². The fourth-order valence-electron chi connectivity index (χ4n) is 1.81. The Labute approximate surface area is 108 Å². The Morgan fingerprint density at radius 1 is 1.16 bits per heavy atom. The molecular formula is C11H11N7O. The van der Waals surface area contributed by atoms with Crippen LogP contribution in [-0.4, -0.2) is 36.8 Å². The molecule has 0 bridgehead atoms. The number of fused-ring (bicyclic) bond motifs is 1. The van der Waals surface area contributed by atoms with Crippen molar-refractivity contribution in [3.63, 3.8) is 0 Å². The average Bonchev–Trinajstić information content (AvgIpc) is 2.76. The van der Waals surface area contributed by atoms with Crippen LogP contribution in [-0.2, 0) is 7.05 Å². The van der Waals surface area contributed by atoms with E-state index in [1.165, 1.54) is 7.11 Å². The number of rotatable bonds is 2. The lowest BCUT2D eigenvalue weighted by molar-refractivity contribution is 0.380. The summed E-state index contributed by atoms with van der Waals surface area (Å²) in [6.45, 7) is 0. The summed E-state index contributed by atoms with van der Waals surface area (Å²) in [7, 11) is 3.31. The van der Waals surface area contributed by atoms with Crippen LogP contribution in [0.4, 0.5) is 5.95 Å². The van der Waals surface area contributed by atoms with Crippen LogP contribution >= 0.6 is 0 Å². The summed E-state index contributed by atoms with van der Waals surface area (Å²) < 4.78 is 6.57.